The van der Waals surface area contributed by atoms with E-state index in [9.17, 15) is 4.79 Å². The van der Waals surface area contributed by atoms with E-state index in [0.29, 0.717) is 11.2 Å². The highest BCUT2D eigenvalue weighted by molar-refractivity contribution is 9.10. The highest BCUT2D eigenvalue weighted by Gasteiger charge is 2.21. The Hall–Kier alpha value is -1.18. The molecule has 102 valence electrons. The molecule has 0 atom stereocenters. The summed E-state index contributed by atoms with van der Waals surface area (Å²) in [4.78, 5) is 18.4. The second-order valence-electron chi connectivity index (χ2n) is 4.14. The molecule has 1 aliphatic heterocycles. The molecule has 0 radical (unpaired) electrons. The van der Waals surface area contributed by atoms with Crippen molar-refractivity contribution in [3.8, 4) is 0 Å². The highest BCUT2D eigenvalue weighted by atomic mass is 79.9. The third-order valence-electron chi connectivity index (χ3n) is 2.96. The molecule has 0 spiro atoms. The topological polar surface area (TPSA) is 62.5 Å². The lowest BCUT2D eigenvalue weighted by atomic mass is 10.2. The van der Waals surface area contributed by atoms with E-state index in [1.807, 2.05) is 4.90 Å². The van der Waals surface area contributed by atoms with Gasteiger partial charge in [-0.05, 0) is 15.9 Å². The van der Waals surface area contributed by atoms with Crippen molar-refractivity contribution >= 4 is 39.9 Å². The van der Waals surface area contributed by atoms with E-state index in [1.165, 1.54) is 0 Å². The number of hydrogen-bond acceptors (Lipinski definition) is 4. The molecule has 8 heteroatoms. The van der Waals surface area contributed by atoms with Gasteiger partial charge in [-0.3, -0.25) is 4.79 Å². The zero-order valence-electron chi connectivity index (χ0n) is 10.0. The summed E-state index contributed by atoms with van der Waals surface area (Å²) in [5, 5.41) is 7.38. The molecule has 0 aromatic carbocycles. The average molecular weight is 347 g/mol. The number of nitrogens with zero attached hydrogens (tertiary/aromatic N) is 4. The zero-order chi connectivity index (χ0) is 12.5. The van der Waals surface area contributed by atoms with Gasteiger partial charge < -0.3 is 10.2 Å². The summed E-state index contributed by atoms with van der Waals surface area (Å²) in [6.07, 6.45) is 5.04. The maximum Gasteiger partial charge on any atom is 0.259 e. The summed E-state index contributed by atoms with van der Waals surface area (Å²) in [5.41, 5.74) is 1.16. The van der Waals surface area contributed by atoms with Crippen molar-refractivity contribution in [2.75, 3.05) is 26.2 Å². The number of carbonyl (C=O) groups is 1. The van der Waals surface area contributed by atoms with Gasteiger partial charge in [0.1, 0.15) is 5.56 Å². The van der Waals surface area contributed by atoms with Crippen LogP contribution in [0.5, 0.6) is 0 Å². The first-order valence-corrected chi connectivity index (χ1v) is 6.54. The fraction of sp³-hybridized carbons (Fsp3) is 0.364. The lowest BCUT2D eigenvalue weighted by Gasteiger charge is -2.26. The van der Waals surface area contributed by atoms with Crippen LogP contribution in [0.4, 0.5) is 0 Å². The molecule has 0 unspecified atom stereocenters. The molecule has 6 nitrogen and oxygen atoms in total. The van der Waals surface area contributed by atoms with Crippen LogP contribution in [0.15, 0.2) is 23.1 Å². The number of aromatic nitrogens is 3. The van der Waals surface area contributed by atoms with E-state index in [4.69, 9.17) is 0 Å². The SMILES string of the molecule is Cl.O=C(c1cnn2cc(Br)cnc12)N1CCNCC1. The molecule has 19 heavy (non-hydrogen) atoms. The van der Waals surface area contributed by atoms with Crippen LogP contribution in [-0.2, 0) is 0 Å². The third kappa shape index (κ3) is 2.72. The molecule has 0 bridgehead atoms. The predicted molar refractivity (Wildman–Crippen MR) is 76.7 cm³/mol. The van der Waals surface area contributed by atoms with Gasteiger partial charge in [-0.2, -0.15) is 5.10 Å². The van der Waals surface area contributed by atoms with Crippen molar-refractivity contribution in [2.24, 2.45) is 0 Å². The quantitative estimate of drug-likeness (QED) is 0.835. The normalized spacial score (nSPS) is 15.3. The number of nitrogens with one attached hydrogen (secondary N) is 1. The molecular weight excluding hydrogens is 334 g/mol. The van der Waals surface area contributed by atoms with Crippen LogP contribution in [0.2, 0.25) is 0 Å². The molecule has 0 saturated carbocycles. The van der Waals surface area contributed by atoms with E-state index in [1.54, 1.807) is 23.1 Å². The Kier molecular flexibility index (Phi) is 4.38. The first kappa shape index (κ1) is 14.2. The van der Waals surface area contributed by atoms with E-state index in [2.05, 4.69) is 31.3 Å². The van der Waals surface area contributed by atoms with Crippen molar-refractivity contribution in [2.45, 2.75) is 0 Å². The van der Waals surface area contributed by atoms with Gasteiger partial charge in [0.25, 0.3) is 5.91 Å². The zero-order valence-corrected chi connectivity index (χ0v) is 12.4. The van der Waals surface area contributed by atoms with Gasteiger partial charge in [-0.1, -0.05) is 0 Å². The largest absolute Gasteiger partial charge is 0.336 e. The number of rotatable bonds is 1. The van der Waals surface area contributed by atoms with Crippen molar-refractivity contribution in [1.82, 2.24) is 24.8 Å². The van der Waals surface area contributed by atoms with E-state index >= 15 is 0 Å². The van der Waals surface area contributed by atoms with Crippen LogP contribution in [-0.4, -0.2) is 51.6 Å². The van der Waals surface area contributed by atoms with Crippen LogP contribution in [0.25, 0.3) is 5.65 Å². The van der Waals surface area contributed by atoms with Crippen LogP contribution in [0.3, 0.4) is 0 Å². The number of fused-ring (bicyclic) bond motifs is 1. The molecule has 3 rings (SSSR count). The van der Waals surface area contributed by atoms with Crippen LogP contribution in [0, 0.1) is 0 Å². The lowest BCUT2D eigenvalue weighted by molar-refractivity contribution is 0.0737. The predicted octanol–water partition coefficient (Wildman–Crippen LogP) is 0.959. The maximum atomic E-state index is 12.4. The summed E-state index contributed by atoms with van der Waals surface area (Å²) >= 11 is 3.33. The minimum absolute atomic E-state index is 0. The first-order chi connectivity index (χ1) is 8.75. The van der Waals surface area contributed by atoms with E-state index in [0.717, 1.165) is 30.7 Å². The summed E-state index contributed by atoms with van der Waals surface area (Å²) in [7, 11) is 0. The Balaban J connectivity index is 0.00000133. The molecule has 1 fully saturated rings. The van der Waals surface area contributed by atoms with Gasteiger partial charge in [-0.25, -0.2) is 9.50 Å². The van der Waals surface area contributed by atoms with Gasteiger partial charge in [0.05, 0.1) is 10.7 Å². The number of amides is 1. The Labute approximate surface area is 124 Å². The number of piperazine rings is 1. The summed E-state index contributed by atoms with van der Waals surface area (Å²) in [6, 6.07) is 0. The van der Waals surface area contributed by atoms with Crippen molar-refractivity contribution in [3.05, 3.63) is 28.6 Å². The van der Waals surface area contributed by atoms with Crippen molar-refractivity contribution in [3.63, 3.8) is 0 Å². The average Bonchev–Trinajstić information content (AvgIpc) is 2.81. The monoisotopic (exact) mass is 345 g/mol. The number of carbonyl (C=O) groups excluding carboxylic acids is 1. The van der Waals surface area contributed by atoms with Crippen molar-refractivity contribution < 1.29 is 4.79 Å². The molecule has 3 heterocycles. The maximum absolute atomic E-state index is 12.4. The molecule has 0 aliphatic carbocycles. The van der Waals surface area contributed by atoms with Crippen LogP contribution < -0.4 is 5.32 Å². The minimum Gasteiger partial charge on any atom is -0.336 e. The molecule has 1 N–H and O–H groups in total. The lowest BCUT2D eigenvalue weighted by Crippen LogP contribution is -2.46. The van der Waals surface area contributed by atoms with E-state index < -0.39 is 0 Å². The fourth-order valence-corrected chi connectivity index (χ4v) is 2.34. The Bertz CT molecular complexity index is 596. The highest BCUT2D eigenvalue weighted by Crippen LogP contribution is 2.14. The smallest absolute Gasteiger partial charge is 0.259 e. The molecule has 2 aromatic heterocycles. The second kappa shape index (κ2) is 5.85. The molecule has 1 amide bonds. The van der Waals surface area contributed by atoms with Crippen LogP contribution >= 0.6 is 28.3 Å². The standard InChI is InChI=1S/C11H12BrN5O.ClH/c12-8-5-14-10-9(6-15-17(10)7-8)11(18)16-3-1-13-2-4-16;/h5-7,13H,1-4H2;1H. The Morgan fingerprint density at radius 2 is 2.05 bits per heavy atom. The van der Waals surface area contributed by atoms with Gasteiger partial charge in [0, 0.05) is 38.6 Å². The fourth-order valence-electron chi connectivity index (χ4n) is 2.04. The minimum atomic E-state index is 0. The Morgan fingerprint density at radius 3 is 2.79 bits per heavy atom. The Morgan fingerprint density at radius 1 is 1.32 bits per heavy atom. The second-order valence-corrected chi connectivity index (χ2v) is 5.06. The summed E-state index contributed by atoms with van der Waals surface area (Å²) < 4.78 is 2.44. The molecule has 1 aliphatic rings. The molecule has 1 saturated heterocycles. The van der Waals surface area contributed by atoms with E-state index in [-0.39, 0.29) is 18.3 Å². The summed E-state index contributed by atoms with van der Waals surface area (Å²) in [5.74, 6) is 0.00122. The van der Waals surface area contributed by atoms with Gasteiger partial charge in [0.15, 0.2) is 5.65 Å². The first-order valence-electron chi connectivity index (χ1n) is 5.74. The van der Waals surface area contributed by atoms with Gasteiger partial charge in [-0.15, -0.1) is 12.4 Å². The number of halogens is 2. The van der Waals surface area contributed by atoms with Crippen LogP contribution in [0.1, 0.15) is 10.4 Å². The van der Waals surface area contributed by atoms with Gasteiger partial charge >= 0.3 is 0 Å². The van der Waals surface area contributed by atoms with Crippen molar-refractivity contribution in [1.29, 1.82) is 0 Å². The molecular formula is C11H13BrClN5O. The van der Waals surface area contributed by atoms with Gasteiger partial charge in [0.2, 0.25) is 0 Å². The molecule has 2 aromatic rings. The number of hydrogen-bond donors (Lipinski definition) is 1. The summed E-state index contributed by atoms with van der Waals surface area (Å²) in [6.45, 7) is 3.13. The third-order valence-corrected chi connectivity index (χ3v) is 3.37.